The SMILES string of the molecule is CCNC(=NCC1CCN(CCOC)CC1)N1CCC(N2CCCC2)C1.I. The number of ether oxygens (including phenoxy) is 1. The quantitative estimate of drug-likeness (QED) is 0.335. The summed E-state index contributed by atoms with van der Waals surface area (Å²) in [6.45, 7) is 13.3. The van der Waals surface area contributed by atoms with Crippen LogP contribution >= 0.6 is 24.0 Å². The third-order valence-corrected chi connectivity index (χ3v) is 6.27. The predicted octanol–water partition coefficient (Wildman–Crippen LogP) is 2.10. The van der Waals surface area contributed by atoms with Crippen molar-refractivity contribution in [1.29, 1.82) is 0 Å². The van der Waals surface area contributed by atoms with Gasteiger partial charge < -0.3 is 19.9 Å². The molecule has 0 amide bonds. The Morgan fingerprint density at radius 3 is 2.48 bits per heavy atom. The number of methoxy groups -OCH3 is 1. The smallest absolute Gasteiger partial charge is 0.193 e. The number of likely N-dealkylation sites (tertiary alicyclic amines) is 3. The highest BCUT2D eigenvalue weighted by Gasteiger charge is 2.30. The molecule has 0 aliphatic carbocycles. The van der Waals surface area contributed by atoms with Gasteiger partial charge in [-0.15, -0.1) is 24.0 Å². The topological polar surface area (TPSA) is 43.3 Å². The molecule has 27 heavy (non-hydrogen) atoms. The van der Waals surface area contributed by atoms with Gasteiger partial charge in [-0.3, -0.25) is 9.89 Å². The van der Waals surface area contributed by atoms with Crippen LogP contribution in [-0.2, 0) is 4.74 Å². The van der Waals surface area contributed by atoms with Crippen LogP contribution in [-0.4, -0.2) is 99.3 Å². The van der Waals surface area contributed by atoms with Crippen LogP contribution in [0.2, 0.25) is 0 Å². The van der Waals surface area contributed by atoms with E-state index in [1.54, 1.807) is 7.11 Å². The van der Waals surface area contributed by atoms with E-state index in [1.807, 2.05) is 0 Å². The predicted molar refractivity (Wildman–Crippen MR) is 123 cm³/mol. The van der Waals surface area contributed by atoms with Crippen molar-refractivity contribution in [1.82, 2.24) is 20.0 Å². The molecule has 0 saturated carbocycles. The summed E-state index contributed by atoms with van der Waals surface area (Å²) in [7, 11) is 1.79. The molecule has 0 bridgehead atoms. The maximum Gasteiger partial charge on any atom is 0.193 e. The van der Waals surface area contributed by atoms with Gasteiger partial charge in [0.25, 0.3) is 0 Å². The third kappa shape index (κ3) is 7.01. The monoisotopic (exact) mass is 493 g/mol. The first-order valence-electron chi connectivity index (χ1n) is 10.8. The van der Waals surface area contributed by atoms with Crippen LogP contribution in [0.25, 0.3) is 0 Å². The van der Waals surface area contributed by atoms with Gasteiger partial charge >= 0.3 is 0 Å². The highest BCUT2D eigenvalue weighted by Crippen LogP contribution is 2.21. The molecule has 3 fully saturated rings. The second kappa shape index (κ2) is 12.4. The van der Waals surface area contributed by atoms with Crippen LogP contribution < -0.4 is 5.32 Å². The van der Waals surface area contributed by atoms with E-state index in [1.165, 1.54) is 58.3 Å². The first-order valence-corrected chi connectivity index (χ1v) is 10.8. The zero-order valence-electron chi connectivity index (χ0n) is 17.4. The number of hydrogen-bond acceptors (Lipinski definition) is 4. The van der Waals surface area contributed by atoms with Gasteiger partial charge in [0.15, 0.2) is 5.96 Å². The molecule has 0 aromatic rings. The van der Waals surface area contributed by atoms with Crippen LogP contribution in [0.1, 0.15) is 39.0 Å². The molecule has 3 saturated heterocycles. The number of guanidine groups is 1. The highest BCUT2D eigenvalue weighted by atomic mass is 127. The average Bonchev–Trinajstić information content (AvgIpc) is 3.35. The Morgan fingerprint density at radius 2 is 1.81 bits per heavy atom. The van der Waals surface area contributed by atoms with Crippen molar-refractivity contribution in [3.05, 3.63) is 0 Å². The van der Waals surface area contributed by atoms with Crippen LogP contribution in [0.5, 0.6) is 0 Å². The molecule has 0 radical (unpaired) electrons. The normalized spacial score (nSPS) is 25.8. The number of piperidine rings is 1. The van der Waals surface area contributed by atoms with Gasteiger partial charge in [0.1, 0.15) is 0 Å². The lowest BCUT2D eigenvalue weighted by Crippen LogP contribution is -2.43. The van der Waals surface area contributed by atoms with E-state index in [0.717, 1.165) is 57.2 Å². The van der Waals surface area contributed by atoms with Gasteiger partial charge in [-0.05, 0) is 71.1 Å². The van der Waals surface area contributed by atoms with Crippen LogP contribution in [0.3, 0.4) is 0 Å². The Labute approximate surface area is 183 Å². The van der Waals surface area contributed by atoms with Crippen molar-refractivity contribution in [3.8, 4) is 0 Å². The number of aliphatic imine (C=N–C) groups is 1. The minimum absolute atomic E-state index is 0. The lowest BCUT2D eigenvalue weighted by atomic mass is 9.97. The second-order valence-corrected chi connectivity index (χ2v) is 8.10. The highest BCUT2D eigenvalue weighted by molar-refractivity contribution is 14.0. The fourth-order valence-corrected chi connectivity index (χ4v) is 4.59. The zero-order chi connectivity index (χ0) is 18.2. The van der Waals surface area contributed by atoms with Gasteiger partial charge in [0, 0.05) is 45.9 Å². The van der Waals surface area contributed by atoms with Crippen molar-refractivity contribution in [2.45, 2.75) is 45.1 Å². The Hall–Kier alpha value is -0.120. The Morgan fingerprint density at radius 1 is 1.07 bits per heavy atom. The fourth-order valence-electron chi connectivity index (χ4n) is 4.59. The summed E-state index contributed by atoms with van der Waals surface area (Å²) < 4.78 is 5.20. The van der Waals surface area contributed by atoms with Crippen molar-refractivity contribution >= 4 is 29.9 Å². The molecule has 3 aliphatic rings. The Balaban J connectivity index is 0.00000261. The summed E-state index contributed by atoms with van der Waals surface area (Å²) >= 11 is 0. The van der Waals surface area contributed by atoms with E-state index < -0.39 is 0 Å². The van der Waals surface area contributed by atoms with E-state index in [9.17, 15) is 0 Å². The molecule has 1 unspecified atom stereocenters. The molecule has 7 heteroatoms. The number of nitrogens with zero attached hydrogens (tertiary/aromatic N) is 4. The van der Waals surface area contributed by atoms with Crippen molar-refractivity contribution in [3.63, 3.8) is 0 Å². The molecular formula is C20H40IN5O. The van der Waals surface area contributed by atoms with Crippen LogP contribution in [0, 0.1) is 5.92 Å². The molecule has 1 atom stereocenters. The molecular weight excluding hydrogens is 453 g/mol. The largest absolute Gasteiger partial charge is 0.383 e. The maximum atomic E-state index is 5.20. The molecule has 1 N–H and O–H groups in total. The first kappa shape index (κ1) is 23.2. The van der Waals surface area contributed by atoms with E-state index >= 15 is 0 Å². The Bertz CT molecular complexity index is 436. The van der Waals surface area contributed by atoms with Gasteiger partial charge in [-0.2, -0.15) is 0 Å². The third-order valence-electron chi connectivity index (χ3n) is 6.27. The zero-order valence-corrected chi connectivity index (χ0v) is 19.7. The molecule has 0 spiro atoms. The number of halogens is 1. The number of nitrogens with one attached hydrogen (secondary N) is 1. The van der Waals surface area contributed by atoms with Crippen molar-refractivity contribution in [2.75, 3.05) is 72.6 Å². The van der Waals surface area contributed by atoms with Gasteiger partial charge in [0.2, 0.25) is 0 Å². The van der Waals surface area contributed by atoms with E-state index in [-0.39, 0.29) is 24.0 Å². The van der Waals surface area contributed by atoms with Crippen molar-refractivity contribution in [2.24, 2.45) is 10.9 Å². The summed E-state index contributed by atoms with van der Waals surface area (Å²) in [5, 5.41) is 3.54. The fraction of sp³-hybridized carbons (Fsp3) is 0.950. The Kier molecular flexibility index (Phi) is 10.7. The summed E-state index contributed by atoms with van der Waals surface area (Å²) in [6, 6.07) is 0.741. The number of rotatable bonds is 7. The summed E-state index contributed by atoms with van der Waals surface area (Å²) in [5.74, 6) is 1.88. The summed E-state index contributed by atoms with van der Waals surface area (Å²) in [5.41, 5.74) is 0. The lowest BCUT2D eigenvalue weighted by Gasteiger charge is -2.31. The summed E-state index contributed by atoms with van der Waals surface area (Å²) in [4.78, 5) is 12.8. The molecule has 3 rings (SSSR count). The summed E-state index contributed by atoms with van der Waals surface area (Å²) in [6.07, 6.45) is 6.59. The van der Waals surface area contributed by atoms with Crippen LogP contribution in [0.4, 0.5) is 0 Å². The molecule has 6 nitrogen and oxygen atoms in total. The molecule has 0 aromatic carbocycles. The van der Waals surface area contributed by atoms with Crippen LogP contribution in [0.15, 0.2) is 4.99 Å². The van der Waals surface area contributed by atoms with E-state index in [2.05, 4.69) is 26.9 Å². The van der Waals surface area contributed by atoms with E-state index in [0.29, 0.717) is 0 Å². The standard InChI is InChI=1S/C20H39N5O.HI/c1-3-21-20(25-13-8-19(17-25)24-9-4-5-10-24)22-16-18-6-11-23(12-7-18)14-15-26-2;/h18-19H,3-17H2,1-2H3,(H,21,22);1H. The molecule has 0 aromatic heterocycles. The minimum Gasteiger partial charge on any atom is -0.383 e. The molecule has 3 heterocycles. The second-order valence-electron chi connectivity index (χ2n) is 8.10. The molecule has 158 valence electrons. The van der Waals surface area contributed by atoms with Crippen molar-refractivity contribution < 1.29 is 4.74 Å². The first-order chi connectivity index (χ1) is 12.8. The number of hydrogen-bond donors (Lipinski definition) is 1. The van der Waals surface area contributed by atoms with Gasteiger partial charge in [0.05, 0.1) is 6.61 Å². The van der Waals surface area contributed by atoms with Gasteiger partial charge in [-0.25, -0.2) is 0 Å². The van der Waals surface area contributed by atoms with E-state index in [4.69, 9.17) is 9.73 Å². The minimum atomic E-state index is 0. The average molecular weight is 493 g/mol. The van der Waals surface area contributed by atoms with Gasteiger partial charge in [-0.1, -0.05) is 0 Å². The maximum absolute atomic E-state index is 5.20. The lowest BCUT2D eigenvalue weighted by molar-refractivity contribution is 0.121. The molecule has 3 aliphatic heterocycles.